The van der Waals surface area contributed by atoms with Crippen LogP contribution in [0.15, 0.2) is 36.9 Å². The van der Waals surface area contributed by atoms with E-state index in [1.165, 1.54) is 108 Å². The van der Waals surface area contributed by atoms with E-state index < -0.39 is 0 Å². The fourth-order valence-electron chi connectivity index (χ4n) is 3.73. The Hall–Kier alpha value is -1.57. The number of aryl methyl sites for hydroxylation is 1. The van der Waals surface area contributed by atoms with Gasteiger partial charge < -0.3 is 5.32 Å². The normalized spacial score (nSPS) is 10.8. The van der Waals surface area contributed by atoms with Gasteiger partial charge in [0, 0.05) is 5.69 Å². The Morgan fingerprint density at radius 3 is 1.75 bits per heavy atom. The van der Waals surface area contributed by atoms with Crippen molar-refractivity contribution >= 4 is 11.6 Å². The van der Waals surface area contributed by atoms with Crippen molar-refractivity contribution in [2.75, 3.05) is 5.32 Å². The zero-order chi connectivity index (χ0) is 20.3. The number of benzene rings is 1. The topological polar surface area (TPSA) is 29.1 Å². The average Bonchev–Trinajstić information content (AvgIpc) is 2.72. The van der Waals surface area contributed by atoms with Crippen LogP contribution in [0.5, 0.6) is 0 Å². The molecule has 2 nitrogen and oxygen atoms in total. The van der Waals surface area contributed by atoms with E-state index in [0.29, 0.717) is 0 Å². The second-order valence-corrected chi connectivity index (χ2v) is 8.05. The van der Waals surface area contributed by atoms with Crippen LogP contribution < -0.4 is 5.32 Å². The standard InChI is InChI=1S/C26H43NO/c1-3-5-6-7-8-9-10-11-12-13-14-15-16-17-18-21-24-22-19-20-23-25(24)27-26(28)4-2/h4,19-20,22-23H,2-3,5-18,21H2,1H3,(H,27,28). The number of rotatable bonds is 18. The zero-order valence-electron chi connectivity index (χ0n) is 18.3. The fourth-order valence-corrected chi connectivity index (χ4v) is 3.73. The van der Waals surface area contributed by atoms with Gasteiger partial charge in [0.05, 0.1) is 0 Å². The Bertz CT molecular complexity index is 523. The largest absolute Gasteiger partial charge is 0.322 e. The van der Waals surface area contributed by atoms with Crippen molar-refractivity contribution in [1.29, 1.82) is 0 Å². The van der Waals surface area contributed by atoms with Gasteiger partial charge >= 0.3 is 0 Å². The van der Waals surface area contributed by atoms with Crippen molar-refractivity contribution in [2.24, 2.45) is 0 Å². The third kappa shape index (κ3) is 12.8. The van der Waals surface area contributed by atoms with E-state index in [4.69, 9.17) is 0 Å². The molecule has 0 aliphatic rings. The Kier molecular flexibility index (Phi) is 15.3. The van der Waals surface area contributed by atoms with Gasteiger partial charge in [0.25, 0.3) is 0 Å². The highest BCUT2D eigenvalue weighted by Crippen LogP contribution is 2.19. The number of nitrogens with one attached hydrogen (secondary N) is 1. The lowest BCUT2D eigenvalue weighted by Crippen LogP contribution is -2.09. The number of amides is 1. The summed E-state index contributed by atoms with van der Waals surface area (Å²) in [7, 11) is 0. The molecule has 0 heterocycles. The van der Waals surface area contributed by atoms with Gasteiger partial charge in [-0.2, -0.15) is 0 Å². The van der Waals surface area contributed by atoms with Crippen LogP contribution in [0.4, 0.5) is 5.69 Å². The first kappa shape index (κ1) is 24.5. The Morgan fingerprint density at radius 1 is 0.786 bits per heavy atom. The van der Waals surface area contributed by atoms with Crippen LogP contribution >= 0.6 is 0 Å². The van der Waals surface area contributed by atoms with Crippen LogP contribution in [0.25, 0.3) is 0 Å². The number of carbonyl (C=O) groups excluding carboxylic acids is 1. The molecule has 0 aliphatic carbocycles. The van der Waals surface area contributed by atoms with Gasteiger partial charge in [-0.05, 0) is 30.5 Å². The molecule has 0 bridgehead atoms. The van der Waals surface area contributed by atoms with Crippen LogP contribution in [0, 0.1) is 0 Å². The molecule has 1 amide bonds. The Labute approximate surface area is 174 Å². The molecule has 0 saturated heterocycles. The van der Waals surface area contributed by atoms with Crippen molar-refractivity contribution < 1.29 is 4.79 Å². The van der Waals surface area contributed by atoms with Crippen LogP contribution in [0.1, 0.15) is 109 Å². The molecule has 0 aliphatic heterocycles. The predicted molar refractivity (Wildman–Crippen MR) is 124 cm³/mol. The molecule has 2 heteroatoms. The summed E-state index contributed by atoms with van der Waals surface area (Å²) in [5.74, 6) is -0.135. The number of unbranched alkanes of at least 4 members (excludes halogenated alkanes) is 14. The molecule has 0 aromatic heterocycles. The van der Waals surface area contributed by atoms with Gasteiger partial charge in [0.1, 0.15) is 0 Å². The van der Waals surface area contributed by atoms with Gasteiger partial charge in [-0.1, -0.05) is 122 Å². The summed E-state index contributed by atoms with van der Waals surface area (Å²) in [6.45, 7) is 5.80. The SMILES string of the molecule is C=CC(=O)Nc1ccccc1CCCCCCCCCCCCCCCCC. The number of hydrogen-bond acceptors (Lipinski definition) is 1. The summed E-state index contributed by atoms with van der Waals surface area (Å²) in [6, 6.07) is 8.10. The number of hydrogen-bond donors (Lipinski definition) is 1. The minimum absolute atomic E-state index is 0.135. The number of para-hydroxylation sites is 1. The molecule has 0 atom stereocenters. The third-order valence-corrected chi connectivity index (χ3v) is 5.51. The molecule has 1 aromatic carbocycles. The minimum atomic E-state index is -0.135. The first-order valence-corrected chi connectivity index (χ1v) is 11.8. The van der Waals surface area contributed by atoms with E-state index in [1.807, 2.05) is 18.2 Å². The molecule has 158 valence electrons. The zero-order valence-corrected chi connectivity index (χ0v) is 18.3. The van der Waals surface area contributed by atoms with Gasteiger partial charge in [-0.15, -0.1) is 0 Å². The molecule has 28 heavy (non-hydrogen) atoms. The second kappa shape index (κ2) is 17.5. The van der Waals surface area contributed by atoms with E-state index in [1.54, 1.807) is 0 Å². The molecule has 1 aromatic rings. The third-order valence-electron chi connectivity index (χ3n) is 5.51. The Morgan fingerprint density at radius 2 is 1.25 bits per heavy atom. The summed E-state index contributed by atoms with van der Waals surface area (Å²) in [6.07, 6.45) is 23.2. The summed E-state index contributed by atoms with van der Waals surface area (Å²) in [5.41, 5.74) is 2.16. The average molecular weight is 386 g/mol. The van der Waals surface area contributed by atoms with Crippen molar-refractivity contribution in [2.45, 2.75) is 110 Å². The van der Waals surface area contributed by atoms with Crippen LogP contribution in [0.3, 0.4) is 0 Å². The van der Waals surface area contributed by atoms with E-state index >= 15 is 0 Å². The smallest absolute Gasteiger partial charge is 0.247 e. The van der Waals surface area contributed by atoms with E-state index in [0.717, 1.165) is 12.1 Å². The molecule has 0 spiro atoms. The molecule has 0 fully saturated rings. The second-order valence-electron chi connectivity index (χ2n) is 8.05. The molecule has 1 rings (SSSR count). The van der Waals surface area contributed by atoms with Crippen molar-refractivity contribution in [3.8, 4) is 0 Å². The first-order chi connectivity index (χ1) is 13.8. The summed E-state index contributed by atoms with van der Waals surface area (Å²) in [5, 5.41) is 2.91. The van der Waals surface area contributed by atoms with Crippen molar-refractivity contribution in [1.82, 2.24) is 0 Å². The van der Waals surface area contributed by atoms with Gasteiger partial charge in [-0.25, -0.2) is 0 Å². The van der Waals surface area contributed by atoms with Crippen molar-refractivity contribution in [3.05, 3.63) is 42.5 Å². The van der Waals surface area contributed by atoms with Crippen LogP contribution in [0.2, 0.25) is 0 Å². The lowest BCUT2D eigenvalue weighted by Gasteiger charge is -2.09. The molecule has 0 radical (unpaired) electrons. The van der Waals surface area contributed by atoms with Gasteiger partial charge in [-0.3, -0.25) is 4.79 Å². The van der Waals surface area contributed by atoms with Crippen molar-refractivity contribution in [3.63, 3.8) is 0 Å². The van der Waals surface area contributed by atoms with E-state index in [-0.39, 0.29) is 5.91 Å². The Balaban J connectivity index is 1.94. The van der Waals surface area contributed by atoms with E-state index in [9.17, 15) is 4.79 Å². The number of anilines is 1. The highest BCUT2D eigenvalue weighted by molar-refractivity contribution is 5.99. The summed E-state index contributed by atoms with van der Waals surface area (Å²) < 4.78 is 0. The predicted octanol–water partition coefficient (Wildman–Crippen LogP) is 8.23. The quantitative estimate of drug-likeness (QED) is 0.200. The minimum Gasteiger partial charge on any atom is -0.322 e. The first-order valence-electron chi connectivity index (χ1n) is 11.8. The highest BCUT2D eigenvalue weighted by atomic mass is 16.1. The molecular formula is C26H43NO. The van der Waals surface area contributed by atoms with Crippen LogP contribution in [-0.4, -0.2) is 5.91 Å². The molecule has 0 unspecified atom stereocenters. The summed E-state index contributed by atoms with van der Waals surface area (Å²) >= 11 is 0. The molecule has 1 N–H and O–H groups in total. The maximum atomic E-state index is 11.5. The maximum absolute atomic E-state index is 11.5. The summed E-state index contributed by atoms with van der Waals surface area (Å²) in [4.78, 5) is 11.5. The fraction of sp³-hybridized carbons (Fsp3) is 0.654. The van der Waals surface area contributed by atoms with Gasteiger partial charge in [0.15, 0.2) is 0 Å². The van der Waals surface area contributed by atoms with Crippen LogP contribution in [-0.2, 0) is 11.2 Å². The lowest BCUT2D eigenvalue weighted by molar-refractivity contribution is -0.111. The van der Waals surface area contributed by atoms with Gasteiger partial charge in [0.2, 0.25) is 5.91 Å². The molecular weight excluding hydrogens is 342 g/mol. The van der Waals surface area contributed by atoms with E-state index in [2.05, 4.69) is 24.9 Å². The number of carbonyl (C=O) groups is 1. The molecule has 0 saturated carbocycles. The highest BCUT2D eigenvalue weighted by Gasteiger charge is 2.03. The lowest BCUT2D eigenvalue weighted by atomic mass is 10.0. The maximum Gasteiger partial charge on any atom is 0.247 e. The monoisotopic (exact) mass is 385 g/mol.